The number of nitrogens with zero attached hydrogens (tertiary/aromatic N) is 6. The average molecular weight is 496 g/mol. The van der Waals surface area contributed by atoms with Crippen molar-refractivity contribution in [2.75, 3.05) is 19.0 Å². The van der Waals surface area contributed by atoms with E-state index >= 15 is 0 Å². The molecule has 0 aliphatic carbocycles. The molecular weight excluding hydrogens is 468 g/mol. The first kappa shape index (κ1) is 24.1. The molecule has 0 aliphatic rings. The molecule has 5 aromatic rings. The molecule has 0 saturated heterocycles. The SMILES string of the molecule is CC(=O)CCc1nc(-c2cccc(-c3noc(-c4ccc(C[n+]5ccc(N(C)C)cc5)cc4)n3)c2)no1. The van der Waals surface area contributed by atoms with Crippen LogP contribution < -0.4 is 9.47 Å². The standard InChI is InChI=1S/C28H27N6O3/c1-19(35)7-12-25-29-26(31-36-25)22-5-4-6-23(17-22)27-30-28(37-32-27)21-10-8-20(9-11-21)18-34-15-13-24(14-16-34)33(2)3/h4-6,8-11,13-17H,7,12,18H2,1-3H3/q+1. The molecule has 0 aliphatic heterocycles. The third kappa shape index (κ3) is 5.78. The first-order chi connectivity index (χ1) is 17.9. The molecule has 9 heteroatoms. The van der Waals surface area contributed by atoms with E-state index in [4.69, 9.17) is 9.05 Å². The molecule has 2 aromatic carbocycles. The van der Waals surface area contributed by atoms with E-state index in [2.05, 4.69) is 66.4 Å². The summed E-state index contributed by atoms with van der Waals surface area (Å²) in [5, 5.41) is 8.20. The summed E-state index contributed by atoms with van der Waals surface area (Å²) in [7, 11) is 4.06. The summed E-state index contributed by atoms with van der Waals surface area (Å²) in [5.41, 5.74) is 4.72. The molecule has 0 spiro atoms. The van der Waals surface area contributed by atoms with E-state index in [1.165, 1.54) is 5.56 Å². The zero-order valence-electron chi connectivity index (χ0n) is 21.0. The highest BCUT2D eigenvalue weighted by Gasteiger charge is 2.14. The van der Waals surface area contributed by atoms with Crippen molar-refractivity contribution in [3.63, 3.8) is 0 Å². The molecule has 0 unspecified atom stereocenters. The molecule has 37 heavy (non-hydrogen) atoms. The summed E-state index contributed by atoms with van der Waals surface area (Å²) in [6.07, 6.45) is 4.94. The molecule has 5 rings (SSSR count). The number of hydrogen-bond donors (Lipinski definition) is 0. The van der Waals surface area contributed by atoms with Crippen LogP contribution >= 0.6 is 0 Å². The van der Waals surface area contributed by atoms with Gasteiger partial charge in [0.25, 0.3) is 5.89 Å². The maximum atomic E-state index is 11.2. The Labute approximate surface area is 214 Å². The molecule has 3 aromatic heterocycles. The Balaban J connectivity index is 1.28. The van der Waals surface area contributed by atoms with Gasteiger partial charge in [-0.3, -0.25) is 0 Å². The monoisotopic (exact) mass is 495 g/mol. The molecular formula is C28H27N6O3+. The number of Topliss-reactive ketones (excluding diaryl/α,β-unsaturated/α-hetero) is 1. The van der Waals surface area contributed by atoms with Crippen LogP contribution in [-0.2, 0) is 17.8 Å². The van der Waals surface area contributed by atoms with Gasteiger partial charge in [-0.2, -0.15) is 9.97 Å². The average Bonchev–Trinajstić information content (AvgIpc) is 3.59. The minimum Gasteiger partial charge on any atom is -0.377 e. The smallest absolute Gasteiger partial charge is 0.258 e. The molecule has 0 radical (unpaired) electrons. The van der Waals surface area contributed by atoms with Crippen LogP contribution in [0.3, 0.4) is 0 Å². The van der Waals surface area contributed by atoms with Gasteiger partial charge in [0.1, 0.15) is 5.78 Å². The number of carbonyl (C=O) groups excluding carboxylic acids is 1. The molecule has 0 atom stereocenters. The fourth-order valence-corrected chi connectivity index (χ4v) is 3.83. The van der Waals surface area contributed by atoms with E-state index in [1.807, 2.05) is 50.5 Å². The molecule has 0 amide bonds. The number of aryl methyl sites for hydroxylation is 1. The van der Waals surface area contributed by atoms with E-state index in [0.29, 0.717) is 36.3 Å². The largest absolute Gasteiger partial charge is 0.377 e. The van der Waals surface area contributed by atoms with Crippen molar-refractivity contribution < 1.29 is 18.4 Å². The summed E-state index contributed by atoms with van der Waals surface area (Å²) in [4.78, 5) is 22.3. The molecule has 186 valence electrons. The van der Waals surface area contributed by atoms with Crippen molar-refractivity contribution in [3.05, 3.63) is 84.5 Å². The van der Waals surface area contributed by atoms with Crippen molar-refractivity contribution in [2.45, 2.75) is 26.3 Å². The Bertz CT molecular complexity index is 1500. The van der Waals surface area contributed by atoms with Crippen molar-refractivity contribution in [2.24, 2.45) is 0 Å². The van der Waals surface area contributed by atoms with Crippen LogP contribution in [0.1, 0.15) is 24.8 Å². The number of ketones is 1. The zero-order chi connectivity index (χ0) is 25.8. The number of pyridine rings is 1. The van der Waals surface area contributed by atoms with Gasteiger partial charge < -0.3 is 18.7 Å². The van der Waals surface area contributed by atoms with Crippen LogP contribution in [-0.4, -0.2) is 40.2 Å². The lowest BCUT2D eigenvalue weighted by atomic mass is 10.1. The lowest BCUT2D eigenvalue weighted by Gasteiger charge is -2.10. The summed E-state index contributed by atoms with van der Waals surface area (Å²) >= 11 is 0. The minimum atomic E-state index is 0.0816. The van der Waals surface area contributed by atoms with E-state index < -0.39 is 0 Å². The summed E-state index contributed by atoms with van der Waals surface area (Å²) in [5.74, 6) is 1.88. The second-order valence-corrected chi connectivity index (χ2v) is 9.04. The van der Waals surface area contributed by atoms with Crippen molar-refractivity contribution in [1.29, 1.82) is 0 Å². The number of carbonyl (C=O) groups is 1. The highest BCUT2D eigenvalue weighted by atomic mass is 16.5. The van der Waals surface area contributed by atoms with Gasteiger partial charge in [0, 0.05) is 67.0 Å². The van der Waals surface area contributed by atoms with Gasteiger partial charge in [-0.25, -0.2) is 4.57 Å². The number of aromatic nitrogens is 5. The van der Waals surface area contributed by atoms with Gasteiger partial charge in [-0.05, 0) is 25.1 Å². The molecule has 9 nitrogen and oxygen atoms in total. The van der Waals surface area contributed by atoms with E-state index in [1.54, 1.807) is 6.92 Å². The van der Waals surface area contributed by atoms with Gasteiger partial charge >= 0.3 is 0 Å². The fourth-order valence-electron chi connectivity index (χ4n) is 3.83. The number of hydrogen-bond acceptors (Lipinski definition) is 8. The van der Waals surface area contributed by atoms with Crippen LogP contribution in [0, 0.1) is 0 Å². The Hall–Kier alpha value is -4.66. The normalized spacial score (nSPS) is 11.0. The van der Waals surface area contributed by atoms with Crippen LogP contribution in [0.15, 0.2) is 82.1 Å². The van der Waals surface area contributed by atoms with Gasteiger partial charge in [-0.15, -0.1) is 0 Å². The minimum absolute atomic E-state index is 0.0816. The second kappa shape index (κ2) is 10.5. The van der Waals surface area contributed by atoms with Crippen molar-refractivity contribution >= 4 is 11.5 Å². The van der Waals surface area contributed by atoms with Crippen molar-refractivity contribution in [1.82, 2.24) is 20.3 Å². The maximum Gasteiger partial charge on any atom is 0.258 e. The highest BCUT2D eigenvalue weighted by Crippen LogP contribution is 2.26. The Kier molecular flexibility index (Phi) is 6.85. The summed E-state index contributed by atoms with van der Waals surface area (Å²) in [6.45, 7) is 2.31. The zero-order valence-corrected chi connectivity index (χ0v) is 21.0. The maximum absolute atomic E-state index is 11.2. The molecule has 0 saturated carbocycles. The Morgan fingerprint density at radius 1 is 0.865 bits per heavy atom. The topological polar surface area (TPSA) is 102 Å². The molecule has 0 fully saturated rings. The molecule has 0 N–H and O–H groups in total. The first-order valence-corrected chi connectivity index (χ1v) is 12.0. The lowest BCUT2D eigenvalue weighted by molar-refractivity contribution is -0.688. The van der Waals surface area contributed by atoms with Gasteiger partial charge in [0.05, 0.1) is 0 Å². The number of rotatable bonds is 9. The number of anilines is 1. The summed E-state index contributed by atoms with van der Waals surface area (Å²) in [6, 6.07) is 19.8. The Morgan fingerprint density at radius 3 is 2.22 bits per heavy atom. The fraction of sp³-hybridized carbons (Fsp3) is 0.214. The number of benzene rings is 2. The van der Waals surface area contributed by atoms with E-state index in [0.717, 1.165) is 28.9 Å². The van der Waals surface area contributed by atoms with E-state index in [9.17, 15) is 4.79 Å². The van der Waals surface area contributed by atoms with Crippen LogP contribution in [0.5, 0.6) is 0 Å². The predicted molar refractivity (Wildman–Crippen MR) is 138 cm³/mol. The van der Waals surface area contributed by atoms with Gasteiger partial charge in [-0.1, -0.05) is 40.6 Å². The lowest BCUT2D eigenvalue weighted by Crippen LogP contribution is -2.33. The van der Waals surface area contributed by atoms with Crippen LogP contribution in [0.25, 0.3) is 34.2 Å². The third-order valence-corrected chi connectivity index (χ3v) is 5.92. The second-order valence-electron chi connectivity index (χ2n) is 9.04. The third-order valence-electron chi connectivity index (χ3n) is 5.92. The molecule has 3 heterocycles. The quantitative estimate of drug-likeness (QED) is 0.278. The Morgan fingerprint density at radius 2 is 1.54 bits per heavy atom. The summed E-state index contributed by atoms with van der Waals surface area (Å²) < 4.78 is 13.0. The van der Waals surface area contributed by atoms with Crippen molar-refractivity contribution in [3.8, 4) is 34.2 Å². The van der Waals surface area contributed by atoms with Crippen LogP contribution in [0.4, 0.5) is 5.69 Å². The predicted octanol–water partition coefficient (Wildman–Crippen LogP) is 4.38. The van der Waals surface area contributed by atoms with Crippen LogP contribution in [0.2, 0.25) is 0 Å². The first-order valence-electron chi connectivity index (χ1n) is 12.0. The molecule has 0 bridgehead atoms. The van der Waals surface area contributed by atoms with E-state index in [-0.39, 0.29) is 5.78 Å². The highest BCUT2D eigenvalue weighted by molar-refractivity contribution is 5.75. The van der Waals surface area contributed by atoms with Gasteiger partial charge in [0.15, 0.2) is 18.9 Å². The van der Waals surface area contributed by atoms with Gasteiger partial charge in [0.2, 0.25) is 17.5 Å².